The quantitative estimate of drug-likeness (QED) is 0.787. The minimum atomic E-state index is -0.00775. The third kappa shape index (κ3) is 3.83. The maximum Gasteiger partial charge on any atom is 0.158 e. The first-order chi connectivity index (χ1) is 7.84. The van der Waals surface area contributed by atoms with Gasteiger partial charge in [0.05, 0.1) is 24.4 Å². The molecular weight excluding hydrogens is 224 g/mol. The average molecular weight is 242 g/mol. The molecule has 2 rings (SSSR count). The molecule has 1 aromatic heterocycles. The van der Waals surface area contributed by atoms with Crippen LogP contribution >= 0.6 is 11.3 Å². The highest BCUT2D eigenvalue weighted by molar-refractivity contribution is 7.07. The molecule has 1 aliphatic heterocycles. The van der Waals surface area contributed by atoms with Crippen LogP contribution in [0.5, 0.6) is 0 Å². The molecular formula is C11H18N2O2S. The zero-order valence-electron chi connectivity index (χ0n) is 9.59. The molecule has 0 bridgehead atoms. The fourth-order valence-electron chi connectivity index (χ4n) is 1.70. The van der Waals surface area contributed by atoms with Crippen molar-refractivity contribution in [2.45, 2.75) is 25.7 Å². The van der Waals surface area contributed by atoms with Gasteiger partial charge in [0, 0.05) is 24.9 Å². The van der Waals surface area contributed by atoms with Gasteiger partial charge in [-0.05, 0) is 13.5 Å². The van der Waals surface area contributed by atoms with Gasteiger partial charge in [0.15, 0.2) is 6.29 Å². The molecule has 1 fully saturated rings. The van der Waals surface area contributed by atoms with Gasteiger partial charge in [0.2, 0.25) is 0 Å². The fourth-order valence-corrected chi connectivity index (χ4v) is 2.25. The highest BCUT2D eigenvalue weighted by atomic mass is 32.1. The van der Waals surface area contributed by atoms with E-state index in [1.807, 2.05) is 5.51 Å². The van der Waals surface area contributed by atoms with Gasteiger partial charge >= 0.3 is 0 Å². The maximum absolute atomic E-state index is 5.50. The van der Waals surface area contributed by atoms with Gasteiger partial charge in [0.25, 0.3) is 0 Å². The summed E-state index contributed by atoms with van der Waals surface area (Å²) in [6, 6.07) is 0. The lowest BCUT2D eigenvalue weighted by Crippen LogP contribution is -2.29. The second kappa shape index (κ2) is 6.30. The van der Waals surface area contributed by atoms with Crippen LogP contribution in [0.1, 0.15) is 18.5 Å². The molecule has 4 nitrogen and oxygen atoms in total. The molecule has 1 aromatic rings. The van der Waals surface area contributed by atoms with E-state index in [1.54, 1.807) is 11.3 Å². The summed E-state index contributed by atoms with van der Waals surface area (Å²) in [7, 11) is 2.10. The van der Waals surface area contributed by atoms with E-state index in [4.69, 9.17) is 9.47 Å². The molecule has 0 spiro atoms. The van der Waals surface area contributed by atoms with Gasteiger partial charge in [0.1, 0.15) is 0 Å². The zero-order valence-corrected chi connectivity index (χ0v) is 10.4. The highest BCUT2D eigenvalue weighted by Crippen LogP contribution is 2.10. The molecule has 0 aliphatic carbocycles. The topological polar surface area (TPSA) is 34.6 Å². The molecule has 0 amide bonds. The Morgan fingerprint density at radius 2 is 2.31 bits per heavy atom. The summed E-state index contributed by atoms with van der Waals surface area (Å²) in [5.74, 6) is 0. The number of thiazole rings is 1. The lowest BCUT2D eigenvalue weighted by Gasteiger charge is -2.25. The van der Waals surface area contributed by atoms with E-state index in [2.05, 4.69) is 22.3 Å². The molecule has 0 aromatic carbocycles. The van der Waals surface area contributed by atoms with Crippen molar-refractivity contribution in [3.05, 3.63) is 16.6 Å². The van der Waals surface area contributed by atoms with Crippen LogP contribution in [0.25, 0.3) is 0 Å². The number of nitrogens with zero attached hydrogens (tertiary/aromatic N) is 2. The van der Waals surface area contributed by atoms with Crippen LogP contribution < -0.4 is 0 Å². The molecule has 1 saturated heterocycles. The van der Waals surface area contributed by atoms with Crippen molar-refractivity contribution < 1.29 is 9.47 Å². The molecule has 90 valence electrons. The third-order valence-electron chi connectivity index (χ3n) is 2.56. The fraction of sp³-hybridized carbons (Fsp3) is 0.727. The van der Waals surface area contributed by atoms with Crippen molar-refractivity contribution in [2.75, 3.05) is 26.8 Å². The minimum Gasteiger partial charge on any atom is -0.353 e. The number of hydrogen-bond acceptors (Lipinski definition) is 5. The Kier molecular flexibility index (Phi) is 4.71. The van der Waals surface area contributed by atoms with E-state index in [9.17, 15) is 0 Å². The first-order valence-corrected chi connectivity index (χ1v) is 6.57. The molecule has 0 radical (unpaired) electrons. The van der Waals surface area contributed by atoms with E-state index in [0.29, 0.717) is 0 Å². The molecule has 0 atom stereocenters. The monoisotopic (exact) mass is 242 g/mol. The lowest BCUT2D eigenvalue weighted by atomic mass is 10.3. The van der Waals surface area contributed by atoms with Crippen molar-refractivity contribution in [1.29, 1.82) is 0 Å². The van der Waals surface area contributed by atoms with Gasteiger partial charge in [-0.2, -0.15) is 0 Å². The molecule has 0 unspecified atom stereocenters. The summed E-state index contributed by atoms with van der Waals surface area (Å²) in [4.78, 5) is 6.51. The van der Waals surface area contributed by atoms with Crippen molar-refractivity contribution in [3.8, 4) is 0 Å². The zero-order chi connectivity index (χ0) is 11.2. The summed E-state index contributed by atoms with van der Waals surface area (Å²) >= 11 is 1.64. The van der Waals surface area contributed by atoms with Crippen LogP contribution in [0.2, 0.25) is 0 Å². The predicted molar refractivity (Wildman–Crippen MR) is 63.4 cm³/mol. The Morgan fingerprint density at radius 1 is 1.50 bits per heavy atom. The second-order valence-electron chi connectivity index (χ2n) is 4.03. The molecule has 16 heavy (non-hydrogen) atoms. The summed E-state index contributed by atoms with van der Waals surface area (Å²) < 4.78 is 11.0. The minimum absolute atomic E-state index is 0.00775. The van der Waals surface area contributed by atoms with E-state index >= 15 is 0 Å². The summed E-state index contributed by atoms with van der Waals surface area (Å²) in [5, 5.41) is 2.09. The van der Waals surface area contributed by atoms with E-state index in [1.165, 1.54) is 0 Å². The van der Waals surface area contributed by atoms with Crippen LogP contribution in [-0.2, 0) is 16.0 Å². The van der Waals surface area contributed by atoms with E-state index in [-0.39, 0.29) is 6.29 Å². The Hall–Kier alpha value is -0.490. The normalized spacial score (nSPS) is 18.1. The van der Waals surface area contributed by atoms with Crippen LogP contribution in [-0.4, -0.2) is 43.0 Å². The van der Waals surface area contributed by atoms with Crippen LogP contribution in [0.4, 0.5) is 0 Å². The third-order valence-corrected chi connectivity index (χ3v) is 3.19. The van der Waals surface area contributed by atoms with Crippen molar-refractivity contribution >= 4 is 11.3 Å². The van der Waals surface area contributed by atoms with Crippen LogP contribution in [0, 0.1) is 0 Å². The Labute approximate surface area is 100 Å². The molecule has 1 aliphatic rings. The lowest BCUT2D eigenvalue weighted by molar-refractivity contribution is -0.182. The number of rotatable bonds is 5. The number of ether oxygens (including phenoxy) is 2. The Balaban J connectivity index is 1.65. The standard InChI is InChI=1S/C11H18N2O2S/c1-13(7-10-8-16-9-12-10)4-3-11-14-5-2-6-15-11/h8-9,11H,2-7H2,1H3. The molecule has 2 heterocycles. The predicted octanol–water partition coefficient (Wildman–Crippen LogP) is 1.73. The van der Waals surface area contributed by atoms with Crippen LogP contribution in [0.15, 0.2) is 10.9 Å². The smallest absolute Gasteiger partial charge is 0.158 e. The van der Waals surface area contributed by atoms with E-state index in [0.717, 1.165) is 44.8 Å². The summed E-state index contributed by atoms with van der Waals surface area (Å²) in [5.41, 5.74) is 3.01. The average Bonchev–Trinajstić information content (AvgIpc) is 2.81. The highest BCUT2D eigenvalue weighted by Gasteiger charge is 2.14. The number of hydrogen-bond donors (Lipinski definition) is 0. The summed E-state index contributed by atoms with van der Waals surface area (Å²) in [6.07, 6.45) is 1.94. The van der Waals surface area contributed by atoms with Gasteiger partial charge < -0.3 is 14.4 Å². The molecule has 5 heteroatoms. The van der Waals surface area contributed by atoms with Crippen molar-refractivity contribution in [3.63, 3.8) is 0 Å². The molecule has 0 saturated carbocycles. The first kappa shape index (κ1) is 12.0. The van der Waals surface area contributed by atoms with Gasteiger partial charge in [-0.25, -0.2) is 4.98 Å². The van der Waals surface area contributed by atoms with Gasteiger partial charge in [-0.3, -0.25) is 0 Å². The first-order valence-electron chi connectivity index (χ1n) is 5.63. The van der Waals surface area contributed by atoms with Crippen molar-refractivity contribution in [2.24, 2.45) is 0 Å². The summed E-state index contributed by atoms with van der Waals surface area (Å²) in [6.45, 7) is 3.54. The van der Waals surface area contributed by atoms with Crippen LogP contribution in [0.3, 0.4) is 0 Å². The second-order valence-corrected chi connectivity index (χ2v) is 4.75. The largest absolute Gasteiger partial charge is 0.353 e. The Morgan fingerprint density at radius 3 is 3.00 bits per heavy atom. The maximum atomic E-state index is 5.50. The SMILES string of the molecule is CN(CCC1OCCCO1)Cc1cscn1. The Bertz CT molecular complexity index is 286. The van der Waals surface area contributed by atoms with Gasteiger partial charge in [-0.15, -0.1) is 11.3 Å². The molecule has 0 N–H and O–H groups in total. The van der Waals surface area contributed by atoms with Gasteiger partial charge in [-0.1, -0.05) is 0 Å². The van der Waals surface area contributed by atoms with E-state index < -0.39 is 0 Å². The van der Waals surface area contributed by atoms with Crippen molar-refractivity contribution in [1.82, 2.24) is 9.88 Å². The number of aromatic nitrogens is 1.